The van der Waals surface area contributed by atoms with Crippen LogP contribution in [-0.4, -0.2) is 7.11 Å². The fraction of sp³-hybridized carbons (Fsp3) is 0.263. The van der Waals surface area contributed by atoms with Crippen LogP contribution in [0.2, 0.25) is 0 Å². The number of methoxy groups -OCH3 is 1. The van der Waals surface area contributed by atoms with Crippen LogP contribution in [0.15, 0.2) is 43.0 Å². The highest BCUT2D eigenvalue weighted by Gasteiger charge is 2.14. The third kappa shape index (κ3) is 2.62. The predicted molar refractivity (Wildman–Crippen MR) is 86.5 cm³/mol. The van der Waals surface area contributed by atoms with Gasteiger partial charge in [-0.1, -0.05) is 42.0 Å². The SMILES string of the molecule is C=CCc1cccc(-c2c(C)cc(C)cc2C)c1OC. The van der Waals surface area contributed by atoms with E-state index >= 15 is 0 Å². The molecule has 0 amide bonds. The number of hydrogen-bond acceptors (Lipinski definition) is 1. The molecule has 0 N–H and O–H groups in total. The van der Waals surface area contributed by atoms with Crippen molar-refractivity contribution in [3.63, 3.8) is 0 Å². The lowest BCUT2D eigenvalue weighted by Crippen LogP contribution is -1.97. The van der Waals surface area contributed by atoms with Crippen molar-refractivity contribution in [1.82, 2.24) is 0 Å². The van der Waals surface area contributed by atoms with Crippen LogP contribution < -0.4 is 4.74 Å². The largest absolute Gasteiger partial charge is 0.496 e. The van der Waals surface area contributed by atoms with Crippen molar-refractivity contribution in [2.24, 2.45) is 0 Å². The topological polar surface area (TPSA) is 9.23 Å². The lowest BCUT2D eigenvalue weighted by Gasteiger charge is -2.17. The molecule has 0 saturated heterocycles. The Morgan fingerprint density at radius 2 is 1.75 bits per heavy atom. The van der Waals surface area contributed by atoms with Crippen molar-refractivity contribution in [2.75, 3.05) is 7.11 Å². The van der Waals surface area contributed by atoms with Crippen molar-refractivity contribution in [3.8, 4) is 16.9 Å². The smallest absolute Gasteiger partial charge is 0.130 e. The summed E-state index contributed by atoms with van der Waals surface area (Å²) in [6.45, 7) is 10.3. The maximum absolute atomic E-state index is 5.68. The third-order valence-electron chi connectivity index (χ3n) is 3.61. The molecule has 20 heavy (non-hydrogen) atoms. The summed E-state index contributed by atoms with van der Waals surface area (Å²) in [5, 5.41) is 0. The Morgan fingerprint density at radius 3 is 2.30 bits per heavy atom. The molecule has 0 bridgehead atoms. The molecular formula is C19H22O. The van der Waals surface area contributed by atoms with E-state index in [0.29, 0.717) is 0 Å². The van der Waals surface area contributed by atoms with Crippen molar-refractivity contribution in [2.45, 2.75) is 27.2 Å². The molecule has 0 aliphatic rings. The minimum absolute atomic E-state index is 0.820. The predicted octanol–water partition coefficient (Wildman–Crippen LogP) is 5.02. The van der Waals surface area contributed by atoms with Crippen LogP contribution in [-0.2, 0) is 6.42 Å². The van der Waals surface area contributed by atoms with Gasteiger partial charge in [-0.05, 0) is 49.4 Å². The molecule has 0 unspecified atom stereocenters. The number of hydrogen-bond donors (Lipinski definition) is 0. The Hall–Kier alpha value is -2.02. The molecule has 0 fully saturated rings. The third-order valence-corrected chi connectivity index (χ3v) is 3.61. The number of benzene rings is 2. The summed E-state index contributed by atoms with van der Waals surface area (Å²) in [6.07, 6.45) is 2.73. The molecule has 1 nitrogen and oxygen atoms in total. The Bertz CT molecular complexity index is 615. The van der Waals surface area contributed by atoms with Crippen LogP contribution in [0.1, 0.15) is 22.3 Å². The van der Waals surface area contributed by atoms with Gasteiger partial charge in [0.15, 0.2) is 0 Å². The van der Waals surface area contributed by atoms with Crippen LogP contribution in [0.4, 0.5) is 0 Å². The quantitative estimate of drug-likeness (QED) is 0.706. The zero-order chi connectivity index (χ0) is 14.7. The lowest BCUT2D eigenvalue weighted by atomic mass is 9.91. The lowest BCUT2D eigenvalue weighted by molar-refractivity contribution is 0.412. The fourth-order valence-corrected chi connectivity index (χ4v) is 2.94. The zero-order valence-electron chi connectivity index (χ0n) is 12.8. The van der Waals surface area contributed by atoms with E-state index in [-0.39, 0.29) is 0 Å². The van der Waals surface area contributed by atoms with Gasteiger partial charge >= 0.3 is 0 Å². The second-order valence-corrected chi connectivity index (χ2v) is 5.26. The standard InChI is InChI=1S/C19H22O/c1-6-8-16-9-7-10-17(19(16)20-5)18-14(3)11-13(2)12-15(18)4/h6-7,9-12H,1,8H2,2-5H3. The molecule has 2 aromatic carbocycles. The highest BCUT2D eigenvalue weighted by molar-refractivity contribution is 5.77. The minimum Gasteiger partial charge on any atom is -0.496 e. The highest BCUT2D eigenvalue weighted by Crippen LogP contribution is 2.37. The Balaban J connectivity index is 2.70. The summed E-state index contributed by atoms with van der Waals surface area (Å²) in [5.41, 5.74) is 7.50. The van der Waals surface area contributed by atoms with Crippen molar-refractivity contribution >= 4 is 0 Å². The van der Waals surface area contributed by atoms with Crippen LogP contribution in [0, 0.1) is 20.8 Å². The molecule has 104 valence electrons. The Morgan fingerprint density at radius 1 is 1.10 bits per heavy atom. The van der Waals surface area contributed by atoms with Crippen LogP contribution in [0.25, 0.3) is 11.1 Å². The molecule has 0 radical (unpaired) electrons. The van der Waals surface area contributed by atoms with Gasteiger partial charge in [-0.3, -0.25) is 0 Å². The maximum atomic E-state index is 5.68. The van der Waals surface area contributed by atoms with E-state index < -0.39 is 0 Å². The van der Waals surface area contributed by atoms with E-state index in [9.17, 15) is 0 Å². The van der Waals surface area contributed by atoms with Gasteiger partial charge in [0.05, 0.1) is 7.11 Å². The molecule has 1 heteroatoms. The van der Waals surface area contributed by atoms with E-state index in [4.69, 9.17) is 4.74 Å². The summed E-state index contributed by atoms with van der Waals surface area (Å²) < 4.78 is 5.68. The van der Waals surface area contributed by atoms with Crippen molar-refractivity contribution < 1.29 is 4.74 Å². The van der Waals surface area contributed by atoms with Gasteiger partial charge in [0.1, 0.15) is 5.75 Å². The first-order chi connectivity index (χ1) is 9.58. The molecular weight excluding hydrogens is 244 g/mol. The fourth-order valence-electron chi connectivity index (χ4n) is 2.94. The highest BCUT2D eigenvalue weighted by atomic mass is 16.5. The van der Waals surface area contributed by atoms with Gasteiger partial charge < -0.3 is 4.74 Å². The Labute approximate surface area is 121 Å². The van der Waals surface area contributed by atoms with Crippen LogP contribution in [0.5, 0.6) is 5.75 Å². The van der Waals surface area contributed by atoms with Gasteiger partial charge in [0.2, 0.25) is 0 Å². The number of rotatable bonds is 4. The number of ether oxygens (including phenoxy) is 1. The normalized spacial score (nSPS) is 10.4. The molecule has 0 atom stereocenters. The molecule has 0 aliphatic heterocycles. The van der Waals surface area contributed by atoms with Crippen molar-refractivity contribution in [3.05, 3.63) is 65.2 Å². The first-order valence-corrected chi connectivity index (χ1v) is 6.93. The van der Waals surface area contributed by atoms with E-state index in [1.165, 1.54) is 33.4 Å². The molecule has 0 aromatic heterocycles. The summed E-state index contributed by atoms with van der Waals surface area (Å²) in [4.78, 5) is 0. The molecule has 0 heterocycles. The minimum atomic E-state index is 0.820. The summed E-state index contributed by atoms with van der Waals surface area (Å²) in [7, 11) is 1.74. The zero-order valence-corrected chi connectivity index (χ0v) is 12.8. The number of para-hydroxylation sites is 1. The maximum Gasteiger partial charge on any atom is 0.130 e. The number of allylic oxidation sites excluding steroid dienone is 1. The van der Waals surface area contributed by atoms with Crippen LogP contribution in [0.3, 0.4) is 0 Å². The molecule has 2 rings (SSSR count). The van der Waals surface area contributed by atoms with E-state index in [0.717, 1.165) is 12.2 Å². The summed E-state index contributed by atoms with van der Waals surface area (Å²) in [6, 6.07) is 10.8. The molecule has 0 aliphatic carbocycles. The second-order valence-electron chi connectivity index (χ2n) is 5.26. The van der Waals surface area contributed by atoms with E-state index in [1.54, 1.807) is 7.11 Å². The average Bonchev–Trinajstić information content (AvgIpc) is 2.38. The second kappa shape index (κ2) is 5.96. The molecule has 2 aromatic rings. The molecule has 0 spiro atoms. The van der Waals surface area contributed by atoms with Crippen molar-refractivity contribution in [1.29, 1.82) is 0 Å². The van der Waals surface area contributed by atoms with Gasteiger partial charge in [0.25, 0.3) is 0 Å². The first kappa shape index (κ1) is 14.4. The average molecular weight is 266 g/mol. The van der Waals surface area contributed by atoms with E-state index in [1.807, 2.05) is 6.08 Å². The summed E-state index contributed by atoms with van der Waals surface area (Å²) >= 11 is 0. The Kier molecular flexibility index (Phi) is 4.29. The van der Waals surface area contributed by atoms with Gasteiger partial charge in [0, 0.05) is 5.56 Å². The number of aryl methyl sites for hydroxylation is 3. The first-order valence-electron chi connectivity index (χ1n) is 6.93. The monoisotopic (exact) mass is 266 g/mol. The van der Waals surface area contributed by atoms with E-state index in [2.05, 4.69) is 57.7 Å². The van der Waals surface area contributed by atoms with Gasteiger partial charge in [-0.2, -0.15) is 0 Å². The van der Waals surface area contributed by atoms with Crippen LogP contribution >= 0.6 is 0 Å². The van der Waals surface area contributed by atoms with Gasteiger partial charge in [-0.25, -0.2) is 0 Å². The van der Waals surface area contributed by atoms with Gasteiger partial charge in [-0.15, -0.1) is 6.58 Å². The summed E-state index contributed by atoms with van der Waals surface area (Å²) in [5.74, 6) is 0.961. The molecule has 0 saturated carbocycles.